The Hall–Kier alpha value is -1.59. The summed E-state index contributed by atoms with van der Waals surface area (Å²) in [4.78, 5) is 15.4. The third kappa shape index (κ3) is 3.11. The van der Waals surface area contributed by atoms with Crippen LogP contribution in [0.3, 0.4) is 0 Å². The zero-order valence-corrected chi connectivity index (χ0v) is 12.1. The Morgan fingerprint density at radius 3 is 2.55 bits per heavy atom. The van der Waals surface area contributed by atoms with Crippen LogP contribution in [-0.2, 0) is 0 Å². The summed E-state index contributed by atoms with van der Waals surface area (Å²) >= 11 is 0. The predicted octanol–water partition coefficient (Wildman–Crippen LogP) is 2.08. The number of anilines is 2. The Morgan fingerprint density at radius 2 is 1.85 bits per heavy atom. The van der Waals surface area contributed by atoms with Gasteiger partial charge >= 0.3 is 6.01 Å². The van der Waals surface area contributed by atoms with Gasteiger partial charge in [0.1, 0.15) is 0 Å². The number of hydrogen-bond acceptors (Lipinski definition) is 6. The molecule has 0 radical (unpaired) electrons. The summed E-state index contributed by atoms with van der Waals surface area (Å²) in [5, 5.41) is 2.99. The molecule has 1 saturated heterocycles. The lowest BCUT2D eigenvalue weighted by atomic mass is 10.1. The maximum atomic E-state index is 5.80. The fourth-order valence-corrected chi connectivity index (χ4v) is 2.95. The van der Waals surface area contributed by atoms with E-state index in [9.17, 15) is 0 Å². The van der Waals surface area contributed by atoms with Crippen molar-refractivity contribution in [3.63, 3.8) is 0 Å². The molecule has 0 unspecified atom stereocenters. The molecule has 0 atom stereocenters. The average molecular weight is 277 g/mol. The fraction of sp³-hybridized carbons (Fsp3) is 0.786. The van der Waals surface area contributed by atoms with Crippen LogP contribution in [0.15, 0.2) is 0 Å². The lowest BCUT2D eigenvalue weighted by Gasteiger charge is -2.17. The third-order valence-corrected chi connectivity index (χ3v) is 4.14. The van der Waals surface area contributed by atoms with Crippen LogP contribution in [0.2, 0.25) is 0 Å². The molecule has 1 aromatic heterocycles. The Balaban J connectivity index is 1.69. The molecule has 0 amide bonds. The maximum absolute atomic E-state index is 5.80. The van der Waals surface area contributed by atoms with Crippen LogP contribution < -0.4 is 15.0 Å². The van der Waals surface area contributed by atoms with Crippen molar-refractivity contribution < 1.29 is 4.74 Å². The molecule has 2 aliphatic rings. The van der Waals surface area contributed by atoms with E-state index in [1.807, 2.05) is 7.05 Å². The van der Waals surface area contributed by atoms with Crippen LogP contribution in [0.25, 0.3) is 0 Å². The molecule has 0 spiro atoms. The largest absolute Gasteiger partial charge is 0.463 e. The van der Waals surface area contributed by atoms with Crippen molar-refractivity contribution in [1.29, 1.82) is 0 Å². The minimum atomic E-state index is 0.457. The molecule has 0 aromatic carbocycles. The van der Waals surface area contributed by atoms with Gasteiger partial charge in [-0.25, -0.2) is 0 Å². The van der Waals surface area contributed by atoms with Crippen molar-refractivity contribution in [2.24, 2.45) is 5.92 Å². The van der Waals surface area contributed by atoms with Gasteiger partial charge in [0.2, 0.25) is 11.9 Å². The predicted molar refractivity (Wildman–Crippen MR) is 78.3 cm³/mol. The molecule has 1 saturated carbocycles. The van der Waals surface area contributed by atoms with Gasteiger partial charge < -0.3 is 15.0 Å². The molecule has 20 heavy (non-hydrogen) atoms. The Labute approximate surface area is 120 Å². The first kappa shape index (κ1) is 13.4. The smallest absolute Gasteiger partial charge is 0.323 e. The summed E-state index contributed by atoms with van der Waals surface area (Å²) < 4.78 is 5.80. The van der Waals surface area contributed by atoms with Crippen LogP contribution in [0.4, 0.5) is 11.9 Å². The van der Waals surface area contributed by atoms with E-state index in [-0.39, 0.29) is 0 Å². The van der Waals surface area contributed by atoms with Crippen molar-refractivity contribution in [2.45, 2.75) is 38.5 Å². The maximum Gasteiger partial charge on any atom is 0.323 e. The highest BCUT2D eigenvalue weighted by Gasteiger charge is 2.19. The standard InChI is InChI=1S/C14H23N5O/c1-15-12-16-13(19-8-4-5-9-19)18-14(17-12)20-10-11-6-2-3-7-11/h11H,2-10H2,1H3,(H,15,16,17,18). The van der Waals surface area contributed by atoms with Gasteiger partial charge in [-0.05, 0) is 31.6 Å². The summed E-state index contributed by atoms with van der Waals surface area (Å²) in [5.74, 6) is 1.99. The quantitative estimate of drug-likeness (QED) is 0.889. The number of ether oxygens (including phenoxy) is 1. The van der Waals surface area contributed by atoms with Gasteiger partial charge in [-0.15, -0.1) is 0 Å². The van der Waals surface area contributed by atoms with E-state index in [2.05, 4.69) is 25.2 Å². The molecule has 6 heteroatoms. The van der Waals surface area contributed by atoms with E-state index < -0.39 is 0 Å². The van der Waals surface area contributed by atoms with Crippen molar-refractivity contribution >= 4 is 11.9 Å². The van der Waals surface area contributed by atoms with E-state index in [4.69, 9.17) is 4.74 Å². The molecular formula is C14H23N5O. The van der Waals surface area contributed by atoms with Gasteiger partial charge in [-0.1, -0.05) is 12.8 Å². The number of nitrogens with zero attached hydrogens (tertiary/aromatic N) is 4. The molecule has 6 nitrogen and oxygen atoms in total. The lowest BCUT2D eigenvalue weighted by molar-refractivity contribution is 0.234. The Bertz CT molecular complexity index is 441. The zero-order chi connectivity index (χ0) is 13.8. The van der Waals surface area contributed by atoms with Crippen LogP contribution in [-0.4, -0.2) is 41.7 Å². The first-order chi connectivity index (χ1) is 9.85. The van der Waals surface area contributed by atoms with Gasteiger partial charge in [0, 0.05) is 20.1 Å². The molecular weight excluding hydrogens is 254 g/mol. The third-order valence-electron chi connectivity index (χ3n) is 4.14. The highest BCUT2D eigenvalue weighted by Crippen LogP contribution is 2.25. The van der Waals surface area contributed by atoms with Crippen LogP contribution in [0.5, 0.6) is 6.01 Å². The van der Waals surface area contributed by atoms with Crippen molar-refractivity contribution in [3.8, 4) is 6.01 Å². The highest BCUT2D eigenvalue weighted by molar-refractivity contribution is 5.38. The van der Waals surface area contributed by atoms with E-state index >= 15 is 0 Å². The molecule has 1 aliphatic heterocycles. The minimum absolute atomic E-state index is 0.457. The van der Waals surface area contributed by atoms with E-state index in [0.29, 0.717) is 17.9 Å². The van der Waals surface area contributed by atoms with Gasteiger partial charge in [-0.3, -0.25) is 0 Å². The number of nitrogens with one attached hydrogen (secondary N) is 1. The minimum Gasteiger partial charge on any atom is -0.463 e. The SMILES string of the molecule is CNc1nc(OCC2CCCC2)nc(N2CCCC2)n1. The van der Waals surface area contributed by atoms with Crippen LogP contribution >= 0.6 is 0 Å². The molecule has 0 bridgehead atoms. The molecule has 2 fully saturated rings. The van der Waals surface area contributed by atoms with Gasteiger partial charge in [-0.2, -0.15) is 15.0 Å². The number of rotatable bonds is 5. The van der Waals surface area contributed by atoms with Gasteiger partial charge in [0.25, 0.3) is 0 Å². The molecule has 3 rings (SSSR count). The summed E-state index contributed by atoms with van der Waals surface area (Å²) in [7, 11) is 1.82. The Kier molecular flexibility index (Phi) is 4.18. The van der Waals surface area contributed by atoms with Crippen LogP contribution in [0, 0.1) is 5.92 Å². The fourth-order valence-electron chi connectivity index (χ4n) is 2.95. The number of aromatic nitrogens is 3. The Morgan fingerprint density at radius 1 is 1.10 bits per heavy atom. The molecule has 110 valence electrons. The first-order valence-corrected chi connectivity index (χ1v) is 7.67. The topological polar surface area (TPSA) is 63.2 Å². The second-order valence-electron chi connectivity index (χ2n) is 5.65. The summed E-state index contributed by atoms with van der Waals surface area (Å²) in [6.45, 7) is 2.77. The zero-order valence-electron chi connectivity index (χ0n) is 12.1. The monoisotopic (exact) mass is 277 g/mol. The summed E-state index contributed by atoms with van der Waals surface area (Å²) in [6.07, 6.45) is 7.60. The molecule has 1 aliphatic carbocycles. The van der Waals surface area contributed by atoms with E-state index in [0.717, 1.165) is 25.6 Å². The normalized spacial score (nSPS) is 19.6. The highest BCUT2D eigenvalue weighted by atomic mass is 16.5. The first-order valence-electron chi connectivity index (χ1n) is 7.67. The van der Waals surface area contributed by atoms with Crippen molar-refractivity contribution in [1.82, 2.24) is 15.0 Å². The number of hydrogen-bond donors (Lipinski definition) is 1. The van der Waals surface area contributed by atoms with Crippen molar-refractivity contribution in [3.05, 3.63) is 0 Å². The van der Waals surface area contributed by atoms with Gasteiger partial charge in [0.05, 0.1) is 6.61 Å². The molecule has 1 aromatic rings. The van der Waals surface area contributed by atoms with Gasteiger partial charge in [0.15, 0.2) is 0 Å². The second-order valence-corrected chi connectivity index (χ2v) is 5.65. The summed E-state index contributed by atoms with van der Waals surface area (Å²) in [5.41, 5.74) is 0. The van der Waals surface area contributed by atoms with Crippen molar-refractivity contribution in [2.75, 3.05) is 37.0 Å². The second kappa shape index (κ2) is 6.24. The lowest BCUT2D eigenvalue weighted by Crippen LogP contribution is -2.22. The summed E-state index contributed by atoms with van der Waals surface area (Å²) in [6, 6.07) is 0.457. The average Bonchev–Trinajstić information content (AvgIpc) is 3.17. The van der Waals surface area contributed by atoms with E-state index in [1.54, 1.807) is 0 Å². The molecule has 1 N–H and O–H groups in total. The van der Waals surface area contributed by atoms with E-state index in [1.165, 1.54) is 38.5 Å². The van der Waals surface area contributed by atoms with Crippen LogP contribution in [0.1, 0.15) is 38.5 Å². The molecule has 2 heterocycles.